The van der Waals surface area contributed by atoms with Crippen LogP contribution in [0.4, 0.5) is 0 Å². The van der Waals surface area contributed by atoms with E-state index in [0.717, 1.165) is 62.4 Å². The summed E-state index contributed by atoms with van der Waals surface area (Å²) in [6.07, 6.45) is 6.34. The van der Waals surface area contributed by atoms with E-state index in [1.54, 1.807) is 0 Å². The first-order valence-corrected chi connectivity index (χ1v) is 10.3. The number of hydrogen-bond acceptors (Lipinski definition) is 3. The summed E-state index contributed by atoms with van der Waals surface area (Å²) in [5, 5.41) is 3.53. The number of fused-ring (bicyclic) bond motifs is 1. The average Bonchev–Trinajstić information content (AvgIpc) is 3.31. The van der Waals surface area contributed by atoms with Gasteiger partial charge in [0.05, 0.1) is 5.69 Å². The molecule has 0 bridgehead atoms. The van der Waals surface area contributed by atoms with Gasteiger partial charge >= 0.3 is 0 Å². The second kappa shape index (κ2) is 11.0. The molecule has 0 aromatic carbocycles. The predicted octanol–water partition coefficient (Wildman–Crippen LogP) is 3.04. The van der Waals surface area contributed by atoms with Crippen molar-refractivity contribution in [3.63, 3.8) is 0 Å². The van der Waals surface area contributed by atoms with E-state index in [-0.39, 0.29) is 24.0 Å². The zero-order chi connectivity index (χ0) is 19.2. The zero-order valence-electron chi connectivity index (χ0n) is 17.7. The normalized spacial score (nSPS) is 17.4. The van der Waals surface area contributed by atoms with Crippen molar-refractivity contribution < 1.29 is 0 Å². The van der Waals surface area contributed by atoms with E-state index in [2.05, 4.69) is 69.8 Å². The van der Waals surface area contributed by atoms with Gasteiger partial charge in [0.25, 0.3) is 0 Å². The van der Waals surface area contributed by atoms with Crippen molar-refractivity contribution in [3.8, 4) is 0 Å². The lowest BCUT2D eigenvalue weighted by atomic mass is 10.1. The Morgan fingerprint density at radius 3 is 2.82 bits per heavy atom. The molecule has 1 unspecified atom stereocenters. The van der Waals surface area contributed by atoms with E-state index < -0.39 is 0 Å². The number of rotatable bonds is 7. The number of pyridine rings is 1. The molecule has 0 saturated carbocycles. The van der Waals surface area contributed by atoms with Crippen molar-refractivity contribution in [2.75, 3.05) is 46.3 Å². The van der Waals surface area contributed by atoms with E-state index in [4.69, 9.17) is 4.98 Å². The molecule has 2 aromatic rings. The summed E-state index contributed by atoms with van der Waals surface area (Å²) < 4.78 is 2.11. The number of imidazole rings is 1. The Bertz CT molecular complexity index is 767. The molecule has 156 valence electrons. The van der Waals surface area contributed by atoms with Crippen LogP contribution in [0.5, 0.6) is 0 Å². The molecule has 1 aliphatic heterocycles. The van der Waals surface area contributed by atoms with Gasteiger partial charge in [-0.3, -0.25) is 4.99 Å². The number of aryl methyl sites for hydroxylation is 1. The van der Waals surface area contributed by atoms with Gasteiger partial charge < -0.3 is 19.5 Å². The molecule has 2 aromatic heterocycles. The Balaban J connectivity index is 0.00000280. The molecule has 3 rings (SSSR count). The molecule has 7 heteroatoms. The number of hydrogen-bond donors (Lipinski definition) is 1. The van der Waals surface area contributed by atoms with Crippen LogP contribution in [0.1, 0.15) is 31.5 Å². The van der Waals surface area contributed by atoms with Crippen molar-refractivity contribution in [2.24, 2.45) is 10.9 Å². The average molecular weight is 498 g/mol. The number of nitrogens with one attached hydrogen (secondary N) is 1. The summed E-state index contributed by atoms with van der Waals surface area (Å²) in [5.41, 5.74) is 3.38. The number of halogens is 1. The molecule has 1 fully saturated rings. The Kier molecular flexibility index (Phi) is 9.01. The van der Waals surface area contributed by atoms with Crippen LogP contribution in [0.25, 0.3) is 5.65 Å². The molecule has 3 heterocycles. The molecule has 1 atom stereocenters. The van der Waals surface area contributed by atoms with Gasteiger partial charge in [-0.05, 0) is 44.0 Å². The quantitative estimate of drug-likeness (QED) is 0.362. The van der Waals surface area contributed by atoms with Gasteiger partial charge in [0.2, 0.25) is 0 Å². The smallest absolute Gasteiger partial charge is 0.193 e. The van der Waals surface area contributed by atoms with E-state index in [1.165, 1.54) is 18.5 Å². The molecule has 0 spiro atoms. The summed E-state index contributed by atoms with van der Waals surface area (Å²) in [6.45, 7) is 13.1. The molecule has 28 heavy (non-hydrogen) atoms. The van der Waals surface area contributed by atoms with Gasteiger partial charge in [0.15, 0.2) is 5.96 Å². The minimum atomic E-state index is 0. The SMILES string of the molecule is CCN(CC)CC1CCN(C(=NC)NCCc2cn3cccc(C)c3n2)C1.I. The highest BCUT2D eigenvalue weighted by atomic mass is 127. The molecule has 6 nitrogen and oxygen atoms in total. The first kappa shape index (κ1) is 22.9. The van der Waals surface area contributed by atoms with Gasteiger partial charge in [-0.2, -0.15) is 0 Å². The number of guanidine groups is 1. The molecule has 0 aliphatic carbocycles. The lowest BCUT2D eigenvalue weighted by Gasteiger charge is -2.24. The summed E-state index contributed by atoms with van der Waals surface area (Å²) in [7, 11) is 1.88. The number of nitrogens with zero attached hydrogens (tertiary/aromatic N) is 5. The Morgan fingerprint density at radius 2 is 2.14 bits per heavy atom. The summed E-state index contributed by atoms with van der Waals surface area (Å²) in [5.74, 6) is 1.77. The lowest BCUT2D eigenvalue weighted by molar-refractivity contribution is 0.255. The number of aliphatic imine (C=N–C) groups is 1. The lowest BCUT2D eigenvalue weighted by Crippen LogP contribution is -2.41. The third-order valence-corrected chi connectivity index (χ3v) is 5.60. The fourth-order valence-electron chi connectivity index (χ4n) is 3.98. The monoisotopic (exact) mass is 498 g/mol. The Morgan fingerprint density at radius 1 is 1.36 bits per heavy atom. The predicted molar refractivity (Wildman–Crippen MR) is 128 cm³/mol. The van der Waals surface area contributed by atoms with Crippen LogP contribution in [0.2, 0.25) is 0 Å². The van der Waals surface area contributed by atoms with Gasteiger partial charge in [-0.15, -0.1) is 24.0 Å². The van der Waals surface area contributed by atoms with Crippen molar-refractivity contribution in [3.05, 3.63) is 35.8 Å². The second-order valence-corrected chi connectivity index (χ2v) is 7.46. The first-order chi connectivity index (χ1) is 13.1. The second-order valence-electron chi connectivity index (χ2n) is 7.46. The van der Waals surface area contributed by atoms with Crippen LogP contribution < -0.4 is 5.32 Å². The van der Waals surface area contributed by atoms with Gasteiger partial charge in [-0.1, -0.05) is 19.9 Å². The summed E-state index contributed by atoms with van der Waals surface area (Å²) in [4.78, 5) is 14.2. The molecule has 1 saturated heterocycles. The number of likely N-dealkylation sites (tertiary alicyclic amines) is 1. The van der Waals surface area contributed by atoms with Crippen molar-refractivity contribution >= 4 is 35.6 Å². The Labute approximate surface area is 186 Å². The zero-order valence-corrected chi connectivity index (χ0v) is 20.0. The van der Waals surface area contributed by atoms with Gasteiger partial charge in [0, 0.05) is 52.0 Å². The van der Waals surface area contributed by atoms with Crippen molar-refractivity contribution in [1.82, 2.24) is 24.5 Å². The van der Waals surface area contributed by atoms with E-state index in [9.17, 15) is 0 Å². The summed E-state index contributed by atoms with van der Waals surface area (Å²) in [6, 6.07) is 4.17. The molecule has 0 radical (unpaired) electrons. The topological polar surface area (TPSA) is 48.2 Å². The van der Waals surface area contributed by atoms with E-state index in [0.29, 0.717) is 0 Å². The highest BCUT2D eigenvalue weighted by Crippen LogP contribution is 2.17. The molecular weight excluding hydrogens is 463 g/mol. The highest BCUT2D eigenvalue weighted by Gasteiger charge is 2.25. The summed E-state index contributed by atoms with van der Waals surface area (Å²) >= 11 is 0. The van der Waals surface area contributed by atoms with E-state index >= 15 is 0 Å². The maximum Gasteiger partial charge on any atom is 0.193 e. The van der Waals surface area contributed by atoms with Gasteiger partial charge in [0.1, 0.15) is 5.65 Å². The molecule has 1 N–H and O–H groups in total. The van der Waals surface area contributed by atoms with Gasteiger partial charge in [-0.25, -0.2) is 4.98 Å². The van der Waals surface area contributed by atoms with Crippen LogP contribution in [-0.4, -0.2) is 71.5 Å². The van der Waals surface area contributed by atoms with Crippen molar-refractivity contribution in [2.45, 2.75) is 33.6 Å². The number of aromatic nitrogens is 2. The fourth-order valence-corrected chi connectivity index (χ4v) is 3.98. The maximum absolute atomic E-state index is 4.76. The standard InChI is InChI=1S/C21H34N6.HI/c1-5-25(6-2)14-18-10-13-27(15-18)21(22-4)23-11-9-19-16-26-12-7-8-17(3)20(26)24-19;/h7-8,12,16,18H,5-6,9-11,13-15H2,1-4H3,(H,22,23);1H. The molecule has 0 amide bonds. The van der Waals surface area contributed by atoms with Crippen LogP contribution in [0.3, 0.4) is 0 Å². The molecular formula is C21H35IN6. The minimum Gasteiger partial charge on any atom is -0.356 e. The van der Waals surface area contributed by atoms with Crippen molar-refractivity contribution in [1.29, 1.82) is 0 Å². The Hall–Kier alpha value is -1.35. The van der Waals surface area contributed by atoms with Crippen LogP contribution in [-0.2, 0) is 6.42 Å². The molecule has 1 aliphatic rings. The fraction of sp³-hybridized carbons (Fsp3) is 0.619. The first-order valence-electron chi connectivity index (χ1n) is 10.3. The van der Waals surface area contributed by atoms with Crippen LogP contribution >= 0.6 is 24.0 Å². The third-order valence-electron chi connectivity index (χ3n) is 5.60. The van der Waals surface area contributed by atoms with E-state index in [1.807, 2.05) is 7.05 Å². The third kappa shape index (κ3) is 5.59. The van der Waals surface area contributed by atoms with Crippen LogP contribution in [0, 0.1) is 12.8 Å². The minimum absolute atomic E-state index is 0. The van der Waals surface area contributed by atoms with Crippen LogP contribution in [0.15, 0.2) is 29.5 Å². The maximum atomic E-state index is 4.76. The largest absolute Gasteiger partial charge is 0.356 e. The highest BCUT2D eigenvalue weighted by molar-refractivity contribution is 14.0.